The summed E-state index contributed by atoms with van der Waals surface area (Å²) in [6.45, 7) is 8.75. The van der Waals surface area contributed by atoms with Crippen molar-refractivity contribution in [3.05, 3.63) is 17.8 Å². The summed E-state index contributed by atoms with van der Waals surface area (Å²) in [6, 6.07) is 2.67. The first kappa shape index (κ1) is 13.7. The van der Waals surface area contributed by atoms with Gasteiger partial charge in [0.15, 0.2) is 11.6 Å². The second-order valence-corrected chi connectivity index (χ2v) is 7.56. The molecule has 0 amide bonds. The zero-order valence-electron chi connectivity index (χ0n) is 12.1. The molecule has 0 radical (unpaired) electrons. The van der Waals surface area contributed by atoms with E-state index in [0.717, 1.165) is 18.2 Å². The molecule has 1 spiro atoms. The first-order valence-electron chi connectivity index (χ1n) is 7.38. The minimum atomic E-state index is 0. The van der Waals surface area contributed by atoms with Gasteiger partial charge in [0.2, 0.25) is 0 Å². The van der Waals surface area contributed by atoms with Gasteiger partial charge in [-0.1, -0.05) is 28.2 Å². The maximum Gasteiger partial charge on any atom is 0.172 e. The van der Waals surface area contributed by atoms with Crippen LogP contribution in [-0.4, -0.2) is 24.2 Å². The predicted octanol–water partition coefficient (Wildman–Crippen LogP) is 3.77. The van der Waals surface area contributed by atoms with E-state index in [1.54, 1.807) is 0 Å². The number of hydrogen-bond donors (Lipinski definition) is 0. The van der Waals surface area contributed by atoms with E-state index in [-0.39, 0.29) is 12.8 Å². The van der Waals surface area contributed by atoms with Crippen LogP contribution in [0.3, 0.4) is 0 Å². The Labute approximate surface area is 122 Å². The van der Waals surface area contributed by atoms with Gasteiger partial charge in [-0.3, -0.25) is 0 Å². The van der Waals surface area contributed by atoms with Gasteiger partial charge in [-0.2, -0.15) is 0 Å². The van der Waals surface area contributed by atoms with Crippen molar-refractivity contribution < 1.29 is 4.74 Å². The molecule has 1 aliphatic carbocycles. The number of aromatic nitrogens is 1. The number of anilines is 1. The molecule has 4 rings (SSSR count). The summed E-state index contributed by atoms with van der Waals surface area (Å²) >= 11 is 0. The molecule has 1 saturated carbocycles. The van der Waals surface area contributed by atoms with Crippen LogP contribution in [-0.2, 0) is 5.41 Å². The number of nitrogens with zero attached hydrogens (tertiary/aromatic N) is 2. The second-order valence-electron chi connectivity index (χ2n) is 7.56. The van der Waals surface area contributed by atoms with Gasteiger partial charge < -0.3 is 9.64 Å². The van der Waals surface area contributed by atoms with Gasteiger partial charge in [-0.25, -0.2) is 4.98 Å². The maximum atomic E-state index is 6.11. The third-order valence-corrected chi connectivity index (χ3v) is 4.96. The monoisotopic (exact) mass is 274 g/mol. The average Bonchev–Trinajstić information content (AvgIpc) is 2.98. The molecule has 0 N–H and O–H groups in total. The topological polar surface area (TPSA) is 25.4 Å². The molecule has 3 nitrogen and oxygen atoms in total. The van der Waals surface area contributed by atoms with Crippen LogP contribution in [0, 0.1) is 5.41 Å². The van der Waals surface area contributed by atoms with Crippen LogP contribution >= 0.6 is 0 Å². The Kier molecular flexibility index (Phi) is 2.83. The SMILES string of the molecule is C.CC(C)(C)c1ccnc2c1OCC1CC3(CC3)CN21. The lowest BCUT2D eigenvalue weighted by Crippen LogP contribution is -2.39. The number of pyridine rings is 1. The largest absolute Gasteiger partial charge is 0.487 e. The molecule has 110 valence electrons. The van der Waals surface area contributed by atoms with Gasteiger partial charge in [0.1, 0.15) is 6.61 Å². The van der Waals surface area contributed by atoms with E-state index in [2.05, 4.69) is 36.7 Å². The molecule has 2 aliphatic heterocycles. The average molecular weight is 274 g/mol. The van der Waals surface area contributed by atoms with Crippen molar-refractivity contribution in [2.24, 2.45) is 5.41 Å². The molecule has 1 aromatic rings. The van der Waals surface area contributed by atoms with E-state index < -0.39 is 0 Å². The summed E-state index contributed by atoms with van der Waals surface area (Å²) < 4.78 is 6.11. The van der Waals surface area contributed by atoms with E-state index in [4.69, 9.17) is 4.74 Å². The standard InChI is InChI=1S/C16H22N2O.CH4/c1-15(2,3)12-4-7-17-14-13(12)19-9-11-8-16(5-6-16)10-18(11)14;/h4,7,11H,5-6,8-10H2,1-3H3;1H4. The molecular formula is C17H26N2O. The molecule has 20 heavy (non-hydrogen) atoms. The van der Waals surface area contributed by atoms with Gasteiger partial charge in [-0.15, -0.1) is 0 Å². The number of rotatable bonds is 0. The van der Waals surface area contributed by atoms with Crippen molar-refractivity contribution in [2.45, 2.75) is 58.9 Å². The second kappa shape index (κ2) is 4.12. The third kappa shape index (κ3) is 1.90. The number of fused-ring (bicyclic) bond motifs is 3. The van der Waals surface area contributed by atoms with Crippen molar-refractivity contribution in [3.63, 3.8) is 0 Å². The number of ether oxygens (including phenoxy) is 1. The quantitative estimate of drug-likeness (QED) is 0.720. The van der Waals surface area contributed by atoms with E-state index >= 15 is 0 Å². The molecule has 1 atom stereocenters. The maximum absolute atomic E-state index is 6.11. The molecule has 3 aliphatic rings. The lowest BCUT2D eigenvalue weighted by atomic mass is 9.86. The summed E-state index contributed by atoms with van der Waals surface area (Å²) in [5.41, 5.74) is 2.00. The molecule has 0 aromatic carbocycles. The fourth-order valence-electron chi connectivity index (χ4n) is 3.65. The Balaban J connectivity index is 0.00000121. The summed E-state index contributed by atoms with van der Waals surface area (Å²) in [6.07, 6.45) is 6.04. The first-order chi connectivity index (χ1) is 8.99. The molecule has 1 unspecified atom stereocenters. The van der Waals surface area contributed by atoms with Crippen LogP contribution in [0.1, 0.15) is 53.0 Å². The van der Waals surface area contributed by atoms with E-state index in [1.807, 2.05) is 6.20 Å². The van der Waals surface area contributed by atoms with E-state index in [0.29, 0.717) is 11.5 Å². The van der Waals surface area contributed by atoms with Gasteiger partial charge in [0, 0.05) is 18.3 Å². The Hall–Kier alpha value is -1.25. The van der Waals surface area contributed by atoms with Crippen LogP contribution < -0.4 is 9.64 Å². The predicted molar refractivity (Wildman–Crippen MR) is 82.6 cm³/mol. The summed E-state index contributed by atoms with van der Waals surface area (Å²) in [4.78, 5) is 7.15. The van der Waals surface area contributed by atoms with Crippen LogP contribution in [0.4, 0.5) is 5.82 Å². The van der Waals surface area contributed by atoms with Crippen molar-refractivity contribution in [1.82, 2.24) is 4.98 Å². The molecule has 1 saturated heterocycles. The number of hydrogen-bond acceptors (Lipinski definition) is 3. The third-order valence-electron chi connectivity index (χ3n) is 4.96. The smallest absolute Gasteiger partial charge is 0.172 e. The van der Waals surface area contributed by atoms with Crippen molar-refractivity contribution in [1.29, 1.82) is 0 Å². The van der Waals surface area contributed by atoms with Gasteiger partial charge in [0.05, 0.1) is 6.04 Å². The minimum absolute atomic E-state index is 0. The Bertz CT molecular complexity index is 528. The summed E-state index contributed by atoms with van der Waals surface area (Å²) in [5.74, 6) is 2.12. The van der Waals surface area contributed by atoms with Crippen molar-refractivity contribution >= 4 is 5.82 Å². The molecular weight excluding hydrogens is 248 g/mol. The molecule has 0 bridgehead atoms. The summed E-state index contributed by atoms with van der Waals surface area (Å²) in [5, 5.41) is 0. The lowest BCUT2D eigenvalue weighted by Gasteiger charge is -2.35. The van der Waals surface area contributed by atoms with Crippen LogP contribution in [0.15, 0.2) is 12.3 Å². The van der Waals surface area contributed by atoms with Gasteiger partial charge in [0.25, 0.3) is 0 Å². The fourth-order valence-corrected chi connectivity index (χ4v) is 3.65. The lowest BCUT2D eigenvalue weighted by molar-refractivity contribution is 0.260. The zero-order chi connectivity index (χ0) is 13.3. The minimum Gasteiger partial charge on any atom is -0.487 e. The Morgan fingerprint density at radius 3 is 2.75 bits per heavy atom. The van der Waals surface area contributed by atoms with Crippen LogP contribution in [0.5, 0.6) is 5.75 Å². The van der Waals surface area contributed by atoms with E-state index in [1.165, 1.54) is 31.4 Å². The normalized spacial score (nSPS) is 25.6. The highest BCUT2D eigenvalue weighted by atomic mass is 16.5. The highest BCUT2D eigenvalue weighted by Gasteiger charge is 2.54. The highest BCUT2D eigenvalue weighted by Crippen LogP contribution is 2.57. The van der Waals surface area contributed by atoms with Crippen LogP contribution in [0.2, 0.25) is 0 Å². The van der Waals surface area contributed by atoms with Crippen molar-refractivity contribution in [2.75, 3.05) is 18.1 Å². The van der Waals surface area contributed by atoms with E-state index in [9.17, 15) is 0 Å². The van der Waals surface area contributed by atoms with Crippen LogP contribution in [0.25, 0.3) is 0 Å². The van der Waals surface area contributed by atoms with Gasteiger partial charge >= 0.3 is 0 Å². The van der Waals surface area contributed by atoms with Gasteiger partial charge in [-0.05, 0) is 36.2 Å². The molecule has 2 fully saturated rings. The van der Waals surface area contributed by atoms with Crippen molar-refractivity contribution in [3.8, 4) is 5.75 Å². The first-order valence-corrected chi connectivity index (χ1v) is 7.38. The fraction of sp³-hybridized carbons (Fsp3) is 0.706. The summed E-state index contributed by atoms with van der Waals surface area (Å²) in [7, 11) is 0. The highest BCUT2D eigenvalue weighted by molar-refractivity contribution is 5.61. The molecule has 3 heterocycles. The Morgan fingerprint density at radius 2 is 2.10 bits per heavy atom. The molecule has 1 aromatic heterocycles. The zero-order valence-corrected chi connectivity index (χ0v) is 12.1. The Morgan fingerprint density at radius 1 is 1.35 bits per heavy atom. The molecule has 3 heteroatoms.